The van der Waals surface area contributed by atoms with Gasteiger partial charge in [0.1, 0.15) is 0 Å². The van der Waals surface area contributed by atoms with Gasteiger partial charge in [0.05, 0.1) is 9.98 Å². The molecule has 1 N–H and O–H groups in total. The second-order valence-corrected chi connectivity index (χ2v) is 6.84. The zero-order chi connectivity index (χ0) is 12.1. The van der Waals surface area contributed by atoms with E-state index in [1.54, 1.807) is 17.5 Å². The molecule has 7 heteroatoms. The van der Waals surface area contributed by atoms with E-state index in [2.05, 4.69) is 53.6 Å². The second kappa shape index (κ2) is 6.63. The molecule has 0 spiro atoms. The van der Waals surface area contributed by atoms with Gasteiger partial charge in [-0.2, -0.15) is 0 Å². The summed E-state index contributed by atoms with van der Waals surface area (Å²) in [6, 6.07) is 2.14. The topological polar surface area (TPSA) is 42.7 Å². The Hall–Kier alpha value is -0.240. The molecule has 0 fully saturated rings. The molecule has 0 aliphatic rings. The molecular formula is C10H12Br2N4S. The van der Waals surface area contributed by atoms with Crippen LogP contribution in [0.15, 0.2) is 26.7 Å². The molecule has 0 aliphatic heterocycles. The van der Waals surface area contributed by atoms with E-state index in [1.165, 1.54) is 4.88 Å². The highest BCUT2D eigenvalue weighted by Crippen LogP contribution is 2.32. The molecule has 0 radical (unpaired) electrons. The molecule has 4 nitrogen and oxygen atoms in total. The predicted octanol–water partition coefficient (Wildman–Crippen LogP) is 3.04. The van der Waals surface area contributed by atoms with Crippen molar-refractivity contribution in [3.05, 3.63) is 31.6 Å². The lowest BCUT2D eigenvalue weighted by Crippen LogP contribution is -2.16. The Balaban J connectivity index is 1.63. The number of hydrogen-bond donors (Lipinski definition) is 1. The average molecular weight is 380 g/mol. The van der Waals surface area contributed by atoms with Crippen molar-refractivity contribution in [2.24, 2.45) is 0 Å². The summed E-state index contributed by atoms with van der Waals surface area (Å²) >= 11 is 8.72. The smallest absolute Gasteiger partial charge is 0.0843 e. The number of nitrogens with zero attached hydrogens (tertiary/aromatic N) is 3. The zero-order valence-electron chi connectivity index (χ0n) is 9.07. The minimum atomic E-state index is 0.908. The van der Waals surface area contributed by atoms with Crippen LogP contribution in [0.2, 0.25) is 0 Å². The zero-order valence-corrected chi connectivity index (χ0v) is 13.1. The van der Waals surface area contributed by atoms with Gasteiger partial charge in [-0.25, -0.2) is 0 Å². The molecule has 17 heavy (non-hydrogen) atoms. The molecule has 0 aromatic carbocycles. The van der Waals surface area contributed by atoms with Gasteiger partial charge in [0.2, 0.25) is 0 Å². The first-order chi connectivity index (χ1) is 8.25. The summed E-state index contributed by atoms with van der Waals surface area (Å²) in [6.45, 7) is 2.80. The van der Waals surface area contributed by atoms with Crippen LogP contribution in [0.5, 0.6) is 0 Å². The van der Waals surface area contributed by atoms with Crippen LogP contribution in [0, 0.1) is 0 Å². The Bertz CT molecular complexity index is 435. The fourth-order valence-electron chi connectivity index (χ4n) is 1.41. The maximum atomic E-state index is 3.92. The minimum absolute atomic E-state index is 0.908. The van der Waals surface area contributed by atoms with E-state index >= 15 is 0 Å². The molecule has 0 saturated heterocycles. The maximum absolute atomic E-state index is 3.92. The highest BCUT2D eigenvalue weighted by atomic mass is 79.9. The molecule has 0 atom stereocenters. The number of rotatable bonds is 6. The van der Waals surface area contributed by atoms with Crippen LogP contribution in [-0.4, -0.2) is 21.5 Å². The van der Waals surface area contributed by atoms with Crippen LogP contribution in [0.1, 0.15) is 11.3 Å². The summed E-state index contributed by atoms with van der Waals surface area (Å²) in [6.07, 6.45) is 4.64. The van der Waals surface area contributed by atoms with Gasteiger partial charge in [-0.05, 0) is 50.9 Å². The van der Waals surface area contributed by atoms with E-state index in [9.17, 15) is 0 Å². The summed E-state index contributed by atoms with van der Waals surface area (Å²) in [5.74, 6) is 0. The molecule has 0 unspecified atom stereocenters. The van der Waals surface area contributed by atoms with Gasteiger partial charge >= 0.3 is 0 Å². The fraction of sp³-hybridized carbons (Fsp3) is 0.400. The first-order valence-electron chi connectivity index (χ1n) is 5.24. The molecule has 0 amide bonds. The van der Waals surface area contributed by atoms with E-state index in [0.29, 0.717) is 0 Å². The number of thiophene rings is 1. The summed E-state index contributed by atoms with van der Waals surface area (Å²) in [4.78, 5) is 1.32. The van der Waals surface area contributed by atoms with Crippen molar-refractivity contribution in [2.75, 3.05) is 6.54 Å². The number of aryl methyl sites for hydroxylation is 1. The van der Waals surface area contributed by atoms with Crippen molar-refractivity contribution in [1.29, 1.82) is 0 Å². The van der Waals surface area contributed by atoms with E-state index < -0.39 is 0 Å². The van der Waals surface area contributed by atoms with Crippen molar-refractivity contribution >= 4 is 43.2 Å². The van der Waals surface area contributed by atoms with Crippen molar-refractivity contribution in [3.63, 3.8) is 0 Å². The molecule has 92 valence electrons. The van der Waals surface area contributed by atoms with E-state index in [-0.39, 0.29) is 0 Å². The van der Waals surface area contributed by atoms with Crippen LogP contribution in [0.4, 0.5) is 0 Å². The Kier molecular flexibility index (Phi) is 5.15. The molecule has 2 rings (SSSR count). The SMILES string of the molecule is Brc1cc(CNCCCn2ccnn2)sc1Br. The molecule has 2 heterocycles. The Morgan fingerprint density at radius 2 is 2.29 bits per heavy atom. The Morgan fingerprint density at radius 1 is 1.41 bits per heavy atom. The quantitative estimate of drug-likeness (QED) is 0.784. The highest BCUT2D eigenvalue weighted by Gasteiger charge is 2.03. The van der Waals surface area contributed by atoms with Crippen molar-refractivity contribution in [1.82, 2.24) is 20.3 Å². The van der Waals surface area contributed by atoms with Crippen LogP contribution in [0.3, 0.4) is 0 Å². The van der Waals surface area contributed by atoms with Crippen LogP contribution in [-0.2, 0) is 13.1 Å². The average Bonchev–Trinajstić information content (AvgIpc) is 2.90. The maximum Gasteiger partial charge on any atom is 0.0843 e. The minimum Gasteiger partial charge on any atom is -0.312 e. The Labute approximate surface area is 121 Å². The van der Waals surface area contributed by atoms with Crippen molar-refractivity contribution in [2.45, 2.75) is 19.5 Å². The number of aromatic nitrogens is 3. The summed E-state index contributed by atoms with van der Waals surface area (Å²) in [5, 5.41) is 11.1. The van der Waals surface area contributed by atoms with Gasteiger partial charge in [-0.1, -0.05) is 5.21 Å². The van der Waals surface area contributed by atoms with E-state index in [1.807, 2.05) is 10.9 Å². The van der Waals surface area contributed by atoms with Crippen molar-refractivity contribution in [3.8, 4) is 0 Å². The monoisotopic (exact) mass is 378 g/mol. The number of halogens is 2. The van der Waals surface area contributed by atoms with Gasteiger partial charge in [0.15, 0.2) is 0 Å². The van der Waals surface area contributed by atoms with Gasteiger partial charge in [0, 0.05) is 28.6 Å². The molecular weight excluding hydrogens is 368 g/mol. The number of nitrogens with one attached hydrogen (secondary N) is 1. The standard InChI is InChI=1S/C10H12Br2N4S/c11-9-6-8(17-10(9)12)7-13-2-1-4-16-5-3-14-15-16/h3,5-6,13H,1-2,4,7H2. The fourth-order valence-corrected chi connectivity index (χ4v) is 3.55. The first-order valence-corrected chi connectivity index (χ1v) is 7.64. The van der Waals surface area contributed by atoms with Gasteiger partial charge in [0.25, 0.3) is 0 Å². The molecule has 0 saturated carbocycles. The molecule has 2 aromatic rings. The second-order valence-electron chi connectivity index (χ2n) is 3.53. The lowest BCUT2D eigenvalue weighted by atomic mass is 10.4. The van der Waals surface area contributed by atoms with Gasteiger partial charge < -0.3 is 5.32 Å². The van der Waals surface area contributed by atoms with Gasteiger partial charge in [-0.15, -0.1) is 16.4 Å². The van der Waals surface area contributed by atoms with E-state index in [4.69, 9.17) is 0 Å². The normalized spacial score (nSPS) is 10.9. The van der Waals surface area contributed by atoms with E-state index in [0.717, 1.165) is 34.3 Å². The first kappa shape index (κ1) is 13.2. The third-order valence-electron chi connectivity index (χ3n) is 2.21. The Morgan fingerprint density at radius 3 is 2.94 bits per heavy atom. The van der Waals surface area contributed by atoms with Crippen LogP contribution in [0.25, 0.3) is 0 Å². The summed E-state index contributed by atoms with van der Waals surface area (Å²) in [5.41, 5.74) is 0. The molecule has 2 aromatic heterocycles. The largest absolute Gasteiger partial charge is 0.312 e. The third kappa shape index (κ3) is 4.17. The molecule has 0 bridgehead atoms. The van der Waals surface area contributed by atoms with Gasteiger partial charge in [-0.3, -0.25) is 4.68 Å². The highest BCUT2D eigenvalue weighted by molar-refractivity contribution is 9.13. The third-order valence-corrected chi connectivity index (χ3v) is 5.46. The van der Waals surface area contributed by atoms with Crippen LogP contribution >= 0.6 is 43.2 Å². The number of hydrogen-bond acceptors (Lipinski definition) is 4. The lowest BCUT2D eigenvalue weighted by Gasteiger charge is -2.02. The lowest BCUT2D eigenvalue weighted by molar-refractivity contribution is 0.531. The van der Waals surface area contributed by atoms with Crippen LogP contribution < -0.4 is 5.32 Å². The predicted molar refractivity (Wildman–Crippen MR) is 76.1 cm³/mol. The van der Waals surface area contributed by atoms with Crippen molar-refractivity contribution < 1.29 is 0 Å². The summed E-state index contributed by atoms with van der Waals surface area (Å²) in [7, 11) is 0. The molecule has 0 aliphatic carbocycles. The summed E-state index contributed by atoms with van der Waals surface area (Å²) < 4.78 is 4.12.